The first kappa shape index (κ1) is 15.1. The summed E-state index contributed by atoms with van der Waals surface area (Å²) in [7, 11) is 1.43. The van der Waals surface area contributed by atoms with Crippen molar-refractivity contribution in [3.05, 3.63) is 58.4 Å². The van der Waals surface area contributed by atoms with Crippen molar-refractivity contribution in [1.82, 2.24) is 4.98 Å². The molecule has 0 saturated heterocycles. The monoisotopic (exact) mass is 321 g/mol. The molecule has 0 N–H and O–H groups in total. The standard InChI is InChI=1S/C16H10F3NO3/c1-22-13-5-3-2-4-11(13)14-20-12-8-9(16(17,18)19)6-7-10(12)15(21)23-14/h2-8H,1H3. The summed E-state index contributed by atoms with van der Waals surface area (Å²) >= 11 is 0. The molecule has 0 unspecified atom stereocenters. The van der Waals surface area contributed by atoms with Gasteiger partial charge in [0, 0.05) is 0 Å². The summed E-state index contributed by atoms with van der Waals surface area (Å²) in [6, 6.07) is 9.33. The number of aromatic nitrogens is 1. The number of ether oxygens (including phenoxy) is 1. The van der Waals surface area contributed by atoms with E-state index in [0.717, 1.165) is 18.2 Å². The Hall–Kier alpha value is -2.83. The number of alkyl halides is 3. The third-order valence-corrected chi connectivity index (χ3v) is 3.29. The molecular weight excluding hydrogens is 311 g/mol. The van der Waals surface area contributed by atoms with Crippen molar-refractivity contribution in [2.45, 2.75) is 6.18 Å². The lowest BCUT2D eigenvalue weighted by atomic mass is 10.1. The van der Waals surface area contributed by atoms with E-state index in [4.69, 9.17) is 9.15 Å². The van der Waals surface area contributed by atoms with Gasteiger partial charge in [0.05, 0.1) is 29.1 Å². The fourth-order valence-corrected chi connectivity index (χ4v) is 2.18. The normalized spacial score (nSPS) is 11.7. The van der Waals surface area contributed by atoms with Gasteiger partial charge < -0.3 is 9.15 Å². The lowest BCUT2D eigenvalue weighted by Crippen LogP contribution is -2.08. The molecule has 0 spiro atoms. The Kier molecular flexibility index (Phi) is 3.55. The number of hydrogen-bond donors (Lipinski definition) is 0. The fraction of sp³-hybridized carbons (Fsp3) is 0.125. The molecule has 1 heterocycles. The highest BCUT2D eigenvalue weighted by Gasteiger charge is 2.31. The predicted molar refractivity (Wildman–Crippen MR) is 77.3 cm³/mol. The minimum Gasteiger partial charge on any atom is -0.496 e. The molecule has 0 aliphatic rings. The Labute approximate surface area is 128 Å². The first-order chi connectivity index (χ1) is 10.9. The Morgan fingerprint density at radius 1 is 1.13 bits per heavy atom. The molecule has 3 aromatic rings. The molecule has 0 atom stereocenters. The molecule has 2 aromatic carbocycles. The third kappa shape index (κ3) is 2.77. The van der Waals surface area contributed by atoms with Crippen LogP contribution in [0, 0.1) is 0 Å². The molecule has 0 aliphatic heterocycles. The van der Waals surface area contributed by atoms with Gasteiger partial charge in [-0.15, -0.1) is 0 Å². The van der Waals surface area contributed by atoms with E-state index in [-0.39, 0.29) is 16.8 Å². The number of methoxy groups -OCH3 is 1. The average Bonchev–Trinajstić information content (AvgIpc) is 2.53. The highest BCUT2D eigenvalue weighted by atomic mass is 19.4. The molecule has 0 radical (unpaired) electrons. The first-order valence-electron chi connectivity index (χ1n) is 6.55. The van der Waals surface area contributed by atoms with Gasteiger partial charge in [-0.1, -0.05) is 12.1 Å². The number of benzene rings is 2. The number of fused-ring (bicyclic) bond motifs is 1. The van der Waals surface area contributed by atoms with Crippen molar-refractivity contribution >= 4 is 10.9 Å². The van der Waals surface area contributed by atoms with Gasteiger partial charge in [-0.05, 0) is 30.3 Å². The maximum Gasteiger partial charge on any atom is 0.416 e. The zero-order chi connectivity index (χ0) is 16.6. The minimum absolute atomic E-state index is 0.0170. The van der Waals surface area contributed by atoms with Gasteiger partial charge in [0.1, 0.15) is 5.75 Å². The van der Waals surface area contributed by atoms with E-state index < -0.39 is 17.4 Å². The summed E-state index contributed by atoms with van der Waals surface area (Å²) in [6.07, 6.45) is -4.52. The third-order valence-electron chi connectivity index (χ3n) is 3.29. The molecule has 0 fully saturated rings. The van der Waals surface area contributed by atoms with Crippen LogP contribution >= 0.6 is 0 Å². The summed E-state index contributed by atoms with van der Waals surface area (Å²) in [5.74, 6) is 0.300. The second-order valence-corrected chi connectivity index (χ2v) is 4.74. The molecular formula is C16H10F3NO3. The molecule has 23 heavy (non-hydrogen) atoms. The number of para-hydroxylation sites is 1. The van der Waals surface area contributed by atoms with Crippen LogP contribution in [0.1, 0.15) is 5.56 Å². The van der Waals surface area contributed by atoms with Crippen molar-refractivity contribution in [1.29, 1.82) is 0 Å². The van der Waals surface area contributed by atoms with Crippen LogP contribution in [0.3, 0.4) is 0 Å². The lowest BCUT2D eigenvalue weighted by molar-refractivity contribution is -0.137. The van der Waals surface area contributed by atoms with E-state index in [9.17, 15) is 18.0 Å². The molecule has 0 saturated carbocycles. The molecule has 4 nitrogen and oxygen atoms in total. The highest BCUT2D eigenvalue weighted by Crippen LogP contribution is 2.32. The second kappa shape index (κ2) is 5.42. The van der Waals surface area contributed by atoms with Crippen molar-refractivity contribution < 1.29 is 22.3 Å². The highest BCUT2D eigenvalue weighted by molar-refractivity contribution is 5.80. The van der Waals surface area contributed by atoms with Crippen LogP contribution in [0.25, 0.3) is 22.4 Å². The summed E-state index contributed by atoms with van der Waals surface area (Å²) in [5, 5.41) is -0.0170. The van der Waals surface area contributed by atoms with E-state index in [1.807, 2.05) is 0 Å². The van der Waals surface area contributed by atoms with Crippen LogP contribution in [-0.2, 0) is 6.18 Å². The topological polar surface area (TPSA) is 52.3 Å². The fourth-order valence-electron chi connectivity index (χ4n) is 2.18. The molecule has 1 aromatic heterocycles. The van der Waals surface area contributed by atoms with Gasteiger partial charge in [-0.25, -0.2) is 9.78 Å². The number of halogens is 3. The van der Waals surface area contributed by atoms with Crippen molar-refractivity contribution in [3.63, 3.8) is 0 Å². The van der Waals surface area contributed by atoms with Crippen LogP contribution in [0.5, 0.6) is 5.75 Å². The largest absolute Gasteiger partial charge is 0.496 e. The molecule has 0 aliphatic carbocycles. The van der Waals surface area contributed by atoms with Crippen molar-refractivity contribution in [2.24, 2.45) is 0 Å². The zero-order valence-corrected chi connectivity index (χ0v) is 11.8. The maximum absolute atomic E-state index is 12.8. The zero-order valence-electron chi connectivity index (χ0n) is 11.8. The van der Waals surface area contributed by atoms with Gasteiger partial charge in [-0.2, -0.15) is 13.2 Å². The predicted octanol–water partition coefficient (Wildman–Crippen LogP) is 3.88. The number of nitrogens with zero attached hydrogens (tertiary/aromatic N) is 1. The van der Waals surface area contributed by atoms with Crippen LogP contribution in [0.15, 0.2) is 51.7 Å². The van der Waals surface area contributed by atoms with Gasteiger partial charge in [-0.3, -0.25) is 0 Å². The van der Waals surface area contributed by atoms with E-state index in [1.165, 1.54) is 7.11 Å². The maximum atomic E-state index is 12.8. The molecule has 0 bridgehead atoms. The van der Waals surface area contributed by atoms with Crippen molar-refractivity contribution in [2.75, 3.05) is 7.11 Å². The van der Waals surface area contributed by atoms with E-state index >= 15 is 0 Å². The Bertz CT molecular complexity index is 932. The summed E-state index contributed by atoms with van der Waals surface area (Å²) in [6.45, 7) is 0. The van der Waals surface area contributed by atoms with Crippen LogP contribution in [0.2, 0.25) is 0 Å². The summed E-state index contributed by atoms with van der Waals surface area (Å²) in [5.41, 5.74) is -1.35. The Morgan fingerprint density at radius 2 is 1.87 bits per heavy atom. The molecule has 0 amide bonds. The summed E-state index contributed by atoms with van der Waals surface area (Å²) < 4.78 is 48.7. The minimum atomic E-state index is -4.52. The van der Waals surface area contributed by atoms with Crippen LogP contribution in [0.4, 0.5) is 13.2 Å². The number of hydrogen-bond acceptors (Lipinski definition) is 4. The number of rotatable bonds is 2. The van der Waals surface area contributed by atoms with Gasteiger partial charge >= 0.3 is 11.8 Å². The van der Waals surface area contributed by atoms with Crippen molar-refractivity contribution in [3.8, 4) is 17.2 Å². The quantitative estimate of drug-likeness (QED) is 0.719. The van der Waals surface area contributed by atoms with Gasteiger partial charge in [0.15, 0.2) is 0 Å². The lowest BCUT2D eigenvalue weighted by Gasteiger charge is -2.09. The molecule has 7 heteroatoms. The van der Waals surface area contributed by atoms with E-state index in [0.29, 0.717) is 11.3 Å². The van der Waals surface area contributed by atoms with Crippen LogP contribution in [-0.4, -0.2) is 12.1 Å². The molecule has 3 rings (SSSR count). The van der Waals surface area contributed by atoms with E-state index in [1.54, 1.807) is 24.3 Å². The van der Waals surface area contributed by atoms with E-state index in [2.05, 4.69) is 4.98 Å². The SMILES string of the molecule is COc1ccccc1-c1nc2cc(C(F)(F)F)ccc2c(=O)o1. The second-order valence-electron chi connectivity index (χ2n) is 4.74. The summed E-state index contributed by atoms with van der Waals surface area (Å²) in [4.78, 5) is 16.0. The average molecular weight is 321 g/mol. The smallest absolute Gasteiger partial charge is 0.416 e. The first-order valence-corrected chi connectivity index (χ1v) is 6.55. The van der Waals surface area contributed by atoms with Gasteiger partial charge in [0.2, 0.25) is 5.89 Å². The Balaban J connectivity index is 2.26. The Morgan fingerprint density at radius 3 is 2.57 bits per heavy atom. The van der Waals surface area contributed by atoms with Crippen LogP contribution < -0.4 is 10.4 Å². The molecule has 118 valence electrons. The van der Waals surface area contributed by atoms with Gasteiger partial charge in [0.25, 0.3) is 0 Å².